The second-order valence-electron chi connectivity index (χ2n) is 14.3. The van der Waals surface area contributed by atoms with Gasteiger partial charge in [-0.2, -0.15) is 0 Å². The quantitative estimate of drug-likeness (QED) is 0.0861. The topological polar surface area (TPSA) is 302 Å². The molecule has 306 valence electrons. The number of likely N-dealkylation sites (tertiary alicyclic amines) is 2. The summed E-state index contributed by atoms with van der Waals surface area (Å²) in [6, 6.07) is 5.96. The number of aliphatic hydroxyl groups is 5. The Morgan fingerprint density at radius 2 is 1.39 bits per heavy atom. The van der Waals surface area contributed by atoms with Gasteiger partial charge in [0, 0.05) is 31.8 Å². The number of β-amino-alcohol motifs (C(OH)–C–C–N with tert-alkyl or cyclic N) is 1. The number of carbonyl (C=O) groups excluding carboxylic acids is 6. The van der Waals surface area contributed by atoms with E-state index in [-0.39, 0.29) is 31.7 Å². The van der Waals surface area contributed by atoms with Gasteiger partial charge in [-0.05, 0) is 37.1 Å². The third-order valence-corrected chi connectivity index (χ3v) is 9.79. The number of benzene rings is 2. The Kier molecular flexibility index (Phi) is 14.7. The average molecular weight is 787 g/mol. The standard InChI is InChI=1S/C37H50N6O13/c1-18-15-43(30(31(18)49)32(38)50)36(54)27(19(2)44)39-34(52)29(26(48)13-21-9-11-23(46)12-10-21)40-33(51)25-14-24(47)16-42(25)35(53)28(20(3)45)41-37(55)56-17-22-7-5-4-6-8-22/h4-12,18-20,24-31,44-49H,13-17H2,1-3H3,(H2,38,50)(H,39,52)(H,40,51)(H,41,55). The van der Waals surface area contributed by atoms with Crippen molar-refractivity contribution in [2.24, 2.45) is 11.7 Å². The van der Waals surface area contributed by atoms with Gasteiger partial charge < -0.3 is 66.9 Å². The number of aliphatic hydroxyl groups excluding tert-OH is 5. The first-order valence-corrected chi connectivity index (χ1v) is 18.1. The van der Waals surface area contributed by atoms with Crippen LogP contribution in [0.15, 0.2) is 54.6 Å². The van der Waals surface area contributed by atoms with Crippen molar-refractivity contribution >= 4 is 35.6 Å². The summed E-state index contributed by atoms with van der Waals surface area (Å²) in [6.45, 7) is 3.26. The van der Waals surface area contributed by atoms with E-state index >= 15 is 0 Å². The average Bonchev–Trinajstić information content (AvgIpc) is 3.69. The lowest BCUT2D eigenvalue weighted by Crippen LogP contribution is -2.63. The minimum absolute atomic E-state index is 0.0845. The SMILES string of the molecule is CC(O)C(NC(=O)OCc1ccccc1)C(=O)N1CC(O)CC1C(=O)NC(C(=O)NC(C(=O)N1CC(C)C(O)C1C(N)=O)C(C)O)C(O)Cc1ccc(O)cc1. The van der Waals surface area contributed by atoms with Crippen molar-refractivity contribution < 1.29 is 64.1 Å². The van der Waals surface area contributed by atoms with Crippen LogP contribution in [0.25, 0.3) is 0 Å². The van der Waals surface area contributed by atoms with E-state index in [1.165, 1.54) is 38.1 Å². The molecular weight excluding hydrogens is 736 g/mol. The van der Waals surface area contributed by atoms with Gasteiger partial charge in [-0.25, -0.2) is 4.79 Å². The van der Waals surface area contributed by atoms with Gasteiger partial charge >= 0.3 is 6.09 Å². The minimum atomic E-state index is -1.88. The summed E-state index contributed by atoms with van der Waals surface area (Å²) in [5.41, 5.74) is 6.51. The molecule has 0 aliphatic carbocycles. The largest absolute Gasteiger partial charge is 0.508 e. The molecule has 2 aromatic carbocycles. The van der Waals surface area contributed by atoms with Crippen LogP contribution in [0.3, 0.4) is 0 Å². The Morgan fingerprint density at radius 3 is 1.98 bits per heavy atom. The number of carbonyl (C=O) groups is 6. The number of nitrogens with one attached hydrogen (secondary N) is 3. The van der Waals surface area contributed by atoms with Crippen molar-refractivity contribution in [2.45, 2.75) is 101 Å². The lowest BCUT2D eigenvalue weighted by atomic mass is 9.99. The van der Waals surface area contributed by atoms with Crippen molar-refractivity contribution in [3.63, 3.8) is 0 Å². The molecule has 0 radical (unpaired) electrons. The number of nitrogens with zero attached hydrogens (tertiary/aromatic N) is 2. The maximum atomic E-state index is 13.9. The number of phenolic OH excluding ortho intramolecular Hbond substituents is 1. The molecule has 0 saturated carbocycles. The van der Waals surface area contributed by atoms with E-state index < -0.39 is 109 Å². The molecule has 56 heavy (non-hydrogen) atoms. The third-order valence-electron chi connectivity index (χ3n) is 9.79. The number of hydrogen-bond acceptors (Lipinski definition) is 13. The highest BCUT2D eigenvalue weighted by molar-refractivity contribution is 5.97. The summed E-state index contributed by atoms with van der Waals surface area (Å²) >= 11 is 0. The molecular formula is C37H50N6O13. The number of aromatic hydroxyl groups is 1. The summed E-state index contributed by atoms with van der Waals surface area (Å²) in [7, 11) is 0. The van der Waals surface area contributed by atoms with E-state index in [0.717, 1.165) is 9.80 Å². The Morgan fingerprint density at radius 1 is 0.804 bits per heavy atom. The summed E-state index contributed by atoms with van der Waals surface area (Å²) in [5.74, 6) is -5.85. The normalized spacial score (nSPS) is 23.9. The molecule has 2 fully saturated rings. The Labute approximate surface area is 322 Å². The van der Waals surface area contributed by atoms with Gasteiger partial charge in [-0.15, -0.1) is 0 Å². The van der Waals surface area contributed by atoms with Crippen LogP contribution in [0.5, 0.6) is 5.75 Å². The van der Waals surface area contributed by atoms with Crippen molar-refractivity contribution in [3.8, 4) is 5.75 Å². The summed E-state index contributed by atoms with van der Waals surface area (Å²) < 4.78 is 5.18. The lowest BCUT2D eigenvalue weighted by molar-refractivity contribution is -0.146. The van der Waals surface area contributed by atoms with Crippen molar-refractivity contribution in [1.29, 1.82) is 0 Å². The summed E-state index contributed by atoms with van der Waals surface area (Å²) in [4.78, 5) is 81.9. The molecule has 0 spiro atoms. The van der Waals surface area contributed by atoms with Crippen LogP contribution in [-0.2, 0) is 41.7 Å². The first-order valence-electron chi connectivity index (χ1n) is 18.1. The van der Waals surface area contributed by atoms with E-state index in [4.69, 9.17) is 10.5 Å². The summed E-state index contributed by atoms with van der Waals surface area (Å²) in [5, 5.41) is 70.2. The highest BCUT2D eigenvalue weighted by atomic mass is 16.5. The Hall–Kier alpha value is -5.34. The molecule has 2 aliphatic heterocycles. The van der Waals surface area contributed by atoms with E-state index in [1.807, 2.05) is 0 Å². The molecule has 19 nitrogen and oxygen atoms in total. The highest BCUT2D eigenvalue weighted by Crippen LogP contribution is 2.25. The molecule has 2 heterocycles. The fourth-order valence-corrected chi connectivity index (χ4v) is 6.73. The second kappa shape index (κ2) is 19.0. The first-order chi connectivity index (χ1) is 26.4. The number of primary amides is 1. The predicted molar refractivity (Wildman–Crippen MR) is 195 cm³/mol. The van der Waals surface area contributed by atoms with E-state index in [9.17, 15) is 59.4 Å². The lowest BCUT2D eigenvalue weighted by Gasteiger charge is -2.33. The van der Waals surface area contributed by atoms with Gasteiger partial charge in [0.1, 0.15) is 42.6 Å². The molecule has 4 rings (SSSR count). The third kappa shape index (κ3) is 10.7. The zero-order chi connectivity index (χ0) is 41.4. The molecule has 11 unspecified atom stereocenters. The van der Waals surface area contributed by atoms with Crippen molar-refractivity contribution in [2.75, 3.05) is 13.1 Å². The monoisotopic (exact) mass is 786 g/mol. The molecule has 2 saturated heterocycles. The smallest absolute Gasteiger partial charge is 0.408 e. The zero-order valence-electron chi connectivity index (χ0n) is 31.1. The minimum Gasteiger partial charge on any atom is -0.508 e. The number of rotatable bonds is 15. The number of amides is 6. The van der Waals surface area contributed by atoms with E-state index in [0.29, 0.717) is 11.1 Å². The molecule has 2 aliphatic rings. The van der Waals surface area contributed by atoms with E-state index in [1.54, 1.807) is 37.3 Å². The van der Waals surface area contributed by atoms with Crippen LogP contribution in [0.1, 0.15) is 38.3 Å². The molecule has 11 N–H and O–H groups in total. The number of alkyl carbamates (subject to hydrolysis) is 1. The molecule has 0 aromatic heterocycles. The van der Waals surface area contributed by atoms with Gasteiger partial charge in [0.2, 0.25) is 29.5 Å². The van der Waals surface area contributed by atoms with Crippen molar-refractivity contribution in [1.82, 2.24) is 25.8 Å². The molecule has 2 aromatic rings. The van der Waals surface area contributed by atoms with Crippen LogP contribution in [0, 0.1) is 5.92 Å². The zero-order valence-corrected chi connectivity index (χ0v) is 31.1. The molecule has 6 amide bonds. The Bertz CT molecular complexity index is 1710. The highest BCUT2D eigenvalue weighted by Gasteiger charge is 2.48. The number of ether oxygens (including phenoxy) is 1. The molecule has 11 atom stereocenters. The number of phenols is 1. The van der Waals surface area contributed by atoms with Crippen LogP contribution in [0.2, 0.25) is 0 Å². The Balaban J connectivity index is 1.56. The summed E-state index contributed by atoms with van der Waals surface area (Å²) in [6.07, 6.45) is -9.09. The second-order valence-corrected chi connectivity index (χ2v) is 14.3. The van der Waals surface area contributed by atoms with Gasteiger partial charge in [0.15, 0.2) is 0 Å². The van der Waals surface area contributed by atoms with E-state index in [2.05, 4.69) is 16.0 Å². The van der Waals surface area contributed by atoms with Crippen molar-refractivity contribution in [3.05, 3.63) is 65.7 Å². The maximum Gasteiger partial charge on any atom is 0.408 e. The molecule has 19 heteroatoms. The maximum absolute atomic E-state index is 13.9. The predicted octanol–water partition coefficient (Wildman–Crippen LogP) is -3.02. The van der Waals surface area contributed by atoms with Gasteiger partial charge in [-0.3, -0.25) is 24.0 Å². The number of hydrogen-bond donors (Lipinski definition) is 10. The van der Waals surface area contributed by atoms with Gasteiger partial charge in [0.25, 0.3) is 0 Å². The van der Waals surface area contributed by atoms with Crippen LogP contribution >= 0.6 is 0 Å². The van der Waals surface area contributed by atoms with Crippen LogP contribution < -0.4 is 21.7 Å². The van der Waals surface area contributed by atoms with Gasteiger partial charge in [0.05, 0.1) is 30.5 Å². The first kappa shape index (κ1) is 43.4. The van der Waals surface area contributed by atoms with Crippen LogP contribution in [-0.4, -0.2) is 150 Å². The fourth-order valence-electron chi connectivity index (χ4n) is 6.73. The number of nitrogens with two attached hydrogens (primary N) is 1. The molecule has 0 bridgehead atoms. The van der Waals surface area contributed by atoms with Crippen LogP contribution in [0.4, 0.5) is 4.79 Å². The van der Waals surface area contributed by atoms with Gasteiger partial charge in [-0.1, -0.05) is 49.4 Å². The fraction of sp³-hybridized carbons (Fsp3) is 0.514.